The molecule has 0 bridgehead atoms. The minimum Gasteiger partial charge on any atom is -0.493 e. The maximum Gasteiger partial charge on any atom is 0.163 e. The highest BCUT2D eigenvalue weighted by Gasteiger charge is 2.20. The zero-order chi connectivity index (χ0) is 15.6. The van der Waals surface area contributed by atoms with E-state index in [4.69, 9.17) is 26.8 Å². The highest BCUT2D eigenvalue weighted by atomic mass is 79.9. The fraction of sp³-hybridized carbons (Fsp3) is 0.200. The normalized spacial score (nSPS) is 12.1. The Morgan fingerprint density at radius 1 is 1.14 bits per heavy atom. The van der Waals surface area contributed by atoms with Crippen LogP contribution in [0.1, 0.15) is 17.2 Å². The van der Waals surface area contributed by atoms with Crippen LogP contribution >= 0.6 is 27.5 Å². The average molecular weight is 375 g/mol. The van der Waals surface area contributed by atoms with Crippen molar-refractivity contribution in [3.05, 3.63) is 56.8 Å². The van der Waals surface area contributed by atoms with Gasteiger partial charge >= 0.3 is 0 Å². The van der Waals surface area contributed by atoms with Gasteiger partial charge in [0.15, 0.2) is 11.5 Å². The number of rotatable bonds is 4. The third kappa shape index (κ3) is 3.15. The maximum absolute atomic E-state index is 14.3. The highest BCUT2D eigenvalue weighted by Crippen LogP contribution is 2.37. The summed E-state index contributed by atoms with van der Waals surface area (Å²) in [4.78, 5) is 0. The van der Waals surface area contributed by atoms with Gasteiger partial charge < -0.3 is 15.2 Å². The SMILES string of the molecule is COc1cc(F)c(C(N)c2cccc(Br)c2Cl)cc1OC. The van der Waals surface area contributed by atoms with Crippen LogP contribution in [0.25, 0.3) is 0 Å². The van der Waals surface area contributed by atoms with E-state index in [1.165, 1.54) is 26.4 Å². The number of hydrogen-bond donors (Lipinski definition) is 1. The van der Waals surface area contributed by atoms with Crippen molar-refractivity contribution in [3.63, 3.8) is 0 Å². The Kier molecular flexibility index (Phi) is 5.08. The molecule has 2 N–H and O–H groups in total. The summed E-state index contributed by atoms with van der Waals surface area (Å²) in [5.74, 6) is 0.248. The van der Waals surface area contributed by atoms with Crippen molar-refractivity contribution in [3.8, 4) is 11.5 Å². The summed E-state index contributed by atoms with van der Waals surface area (Å²) >= 11 is 9.55. The Morgan fingerprint density at radius 3 is 2.38 bits per heavy atom. The number of benzene rings is 2. The smallest absolute Gasteiger partial charge is 0.163 e. The van der Waals surface area contributed by atoms with Crippen LogP contribution in [0.5, 0.6) is 11.5 Å². The molecular weight excluding hydrogens is 361 g/mol. The number of halogens is 3. The molecule has 2 aromatic rings. The Balaban J connectivity index is 2.53. The van der Waals surface area contributed by atoms with Crippen LogP contribution in [-0.2, 0) is 0 Å². The first kappa shape index (κ1) is 16.1. The fourth-order valence-electron chi connectivity index (χ4n) is 2.04. The van der Waals surface area contributed by atoms with Crippen molar-refractivity contribution in [2.75, 3.05) is 14.2 Å². The van der Waals surface area contributed by atoms with Crippen molar-refractivity contribution in [1.29, 1.82) is 0 Å². The van der Waals surface area contributed by atoms with Crippen LogP contribution in [0.15, 0.2) is 34.8 Å². The van der Waals surface area contributed by atoms with Crippen molar-refractivity contribution in [1.82, 2.24) is 0 Å². The Bertz CT molecular complexity index is 666. The lowest BCUT2D eigenvalue weighted by Gasteiger charge is -2.18. The predicted molar refractivity (Wildman–Crippen MR) is 84.7 cm³/mol. The van der Waals surface area contributed by atoms with E-state index in [9.17, 15) is 4.39 Å². The zero-order valence-corrected chi connectivity index (χ0v) is 13.8. The molecule has 0 heterocycles. The summed E-state index contributed by atoms with van der Waals surface area (Å²) in [6, 6.07) is 7.41. The molecule has 0 saturated carbocycles. The van der Waals surface area contributed by atoms with Crippen LogP contribution in [0.4, 0.5) is 4.39 Å². The van der Waals surface area contributed by atoms with Crippen LogP contribution in [0.2, 0.25) is 5.02 Å². The molecule has 0 aromatic heterocycles. The van der Waals surface area contributed by atoms with E-state index in [-0.39, 0.29) is 5.56 Å². The van der Waals surface area contributed by atoms with E-state index in [2.05, 4.69) is 15.9 Å². The van der Waals surface area contributed by atoms with Gasteiger partial charge in [-0.3, -0.25) is 0 Å². The van der Waals surface area contributed by atoms with Gasteiger partial charge in [-0.1, -0.05) is 23.7 Å². The molecule has 3 nitrogen and oxygen atoms in total. The molecule has 0 amide bonds. The van der Waals surface area contributed by atoms with Crippen molar-refractivity contribution >= 4 is 27.5 Å². The lowest BCUT2D eigenvalue weighted by Crippen LogP contribution is -2.14. The van der Waals surface area contributed by atoms with E-state index < -0.39 is 11.9 Å². The summed E-state index contributed by atoms with van der Waals surface area (Å²) in [7, 11) is 2.93. The van der Waals surface area contributed by atoms with Gasteiger partial charge in [0.2, 0.25) is 0 Å². The van der Waals surface area contributed by atoms with Gasteiger partial charge in [-0.25, -0.2) is 4.39 Å². The van der Waals surface area contributed by atoms with Crippen LogP contribution < -0.4 is 15.2 Å². The van der Waals surface area contributed by atoms with Crippen molar-refractivity contribution in [2.45, 2.75) is 6.04 Å². The van der Waals surface area contributed by atoms with E-state index >= 15 is 0 Å². The number of nitrogens with two attached hydrogens (primary N) is 1. The molecule has 2 rings (SSSR count). The van der Waals surface area contributed by atoms with E-state index in [1.54, 1.807) is 18.2 Å². The predicted octanol–water partition coefficient (Wildman–Crippen LogP) is 4.31. The topological polar surface area (TPSA) is 44.5 Å². The van der Waals surface area contributed by atoms with Gasteiger partial charge in [0, 0.05) is 16.1 Å². The second-order valence-electron chi connectivity index (χ2n) is 4.35. The molecule has 0 spiro atoms. The Hall–Kier alpha value is -1.30. The largest absolute Gasteiger partial charge is 0.493 e. The monoisotopic (exact) mass is 373 g/mol. The molecule has 0 aliphatic rings. The first-order valence-electron chi connectivity index (χ1n) is 6.10. The van der Waals surface area contributed by atoms with Gasteiger partial charge in [0.1, 0.15) is 5.82 Å². The van der Waals surface area contributed by atoms with Gasteiger partial charge in [0.25, 0.3) is 0 Å². The summed E-state index contributed by atoms with van der Waals surface area (Å²) in [5, 5.41) is 0.458. The molecule has 6 heteroatoms. The molecular formula is C15H14BrClFNO2. The Morgan fingerprint density at radius 2 is 1.76 bits per heavy atom. The molecule has 0 fully saturated rings. The van der Waals surface area contributed by atoms with Gasteiger partial charge in [-0.2, -0.15) is 0 Å². The van der Waals surface area contributed by atoms with Crippen LogP contribution in [-0.4, -0.2) is 14.2 Å². The van der Waals surface area contributed by atoms with Crippen LogP contribution in [0, 0.1) is 5.82 Å². The summed E-state index contributed by atoms with van der Waals surface area (Å²) in [5.41, 5.74) is 7.07. The third-order valence-electron chi connectivity index (χ3n) is 3.15. The first-order valence-corrected chi connectivity index (χ1v) is 7.27. The molecule has 112 valence electrons. The molecule has 1 atom stereocenters. The summed E-state index contributed by atoms with van der Waals surface area (Å²) in [6.07, 6.45) is 0. The molecule has 21 heavy (non-hydrogen) atoms. The van der Waals surface area contributed by atoms with E-state index in [0.29, 0.717) is 26.6 Å². The molecule has 1 unspecified atom stereocenters. The highest BCUT2D eigenvalue weighted by molar-refractivity contribution is 9.10. The minimum atomic E-state index is -0.713. The third-order valence-corrected chi connectivity index (χ3v) is 4.47. The molecule has 0 saturated heterocycles. The Labute approximate surface area is 135 Å². The van der Waals surface area contributed by atoms with Crippen molar-refractivity contribution < 1.29 is 13.9 Å². The van der Waals surface area contributed by atoms with E-state index in [0.717, 1.165) is 0 Å². The van der Waals surface area contributed by atoms with E-state index in [1.807, 2.05) is 0 Å². The van der Waals surface area contributed by atoms with Gasteiger partial charge in [-0.15, -0.1) is 0 Å². The van der Waals surface area contributed by atoms with Crippen molar-refractivity contribution in [2.24, 2.45) is 5.73 Å². The quantitative estimate of drug-likeness (QED) is 0.867. The number of ether oxygens (including phenoxy) is 2. The molecule has 0 aliphatic heterocycles. The molecule has 2 aromatic carbocycles. The lowest BCUT2D eigenvalue weighted by atomic mass is 9.98. The lowest BCUT2D eigenvalue weighted by molar-refractivity contribution is 0.351. The zero-order valence-electron chi connectivity index (χ0n) is 11.5. The van der Waals surface area contributed by atoms with Gasteiger partial charge in [0.05, 0.1) is 25.3 Å². The maximum atomic E-state index is 14.3. The second-order valence-corrected chi connectivity index (χ2v) is 5.58. The number of methoxy groups -OCH3 is 2. The minimum absolute atomic E-state index is 0.285. The summed E-state index contributed by atoms with van der Waals surface area (Å²) in [6.45, 7) is 0. The fourth-order valence-corrected chi connectivity index (χ4v) is 2.66. The second kappa shape index (κ2) is 6.64. The van der Waals surface area contributed by atoms with Crippen LogP contribution in [0.3, 0.4) is 0 Å². The average Bonchev–Trinajstić information content (AvgIpc) is 2.49. The first-order chi connectivity index (χ1) is 9.99. The molecule has 0 radical (unpaired) electrons. The summed E-state index contributed by atoms with van der Waals surface area (Å²) < 4.78 is 25.2. The standard InChI is InChI=1S/C15H14BrClFNO2/c1-20-12-6-9(11(18)7-13(12)21-2)15(19)8-4-3-5-10(16)14(8)17/h3-7,15H,19H2,1-2H3. The number of hydrogen-bond acceptors (Lipinski definition) is 3. The van der Waals surface area contributed by atoms with Gasteiger partial charge in [-0.05, 0) is 33.6 Å². The molecule has 0 aliphatic carbocycles.